The van der Waals surface area contributed by atoms with Crippen LogP contribution >= 0.6 is 0 Å². The molecule has 1 aliphatic heterocycles. The number of halogens is 1. The molecule has 2 aromatic heterocycles. The Kier molecular flexibility index (Phi) is 4.71. The SMILES string of the molecule is Cc1ccc(NC(=O)[C@H]2C[C@@H]3C[C@@H]3N2Cc2ncccn2)cc1-c1ncc(F)cn1. The Morgan fingerprint density at radius 2 is 1.93 bits per heavy atom. The Morgan fingerprint density at radius 1 is 1.17 bits per heavy atom. The van der Waals surface area contributed by atoms with Gasteiger partial charge in [0.05, 0.1) is 25.0 Å². The number of aromatic nitrogens is 4. The van der Waals surface area contributed by atoms with Gasteiger partial charge in [-0.1, -0.05) is 6.07 Å². The number of carbonyl (C=O) groups excluding carboxylic acids is 1. The highest BCUT2D eigenvalue weighted by Crippen LogP contribution is 2.48. The first-order chi connectivity index (χ1) is 14.6. The van der Waals surface area contributed by atoms with E-state index in [0.29, 0.717) is 30.0 Å². The molecule has 2 fully saturated rings. The number of hydrogen-bond acceptors (Lipinski definition) is 6. The Bertz CT molecular complexity index is 1070. The van der Waals surface area contributed by atoms with Crippen LogP contribution in [0.4, 0.5) is 10.1 Å². The molecule has 152 valence electrons. The van der Waals surface area contributed by atoms with Crippen LogP contribution in [0.25, 0.3) is 11.4 Å². The van der Waals surface area contributed by atoms with Crippen molar-refractivity contribution in [1.29, 1.82) is 0 Å². The topological polar surface area (TPSA) is 83.9 Å². The number of anilines is 1. The van der Waals surface area contributed by atoms with E-state index in [1.807, 2.05) is 25.1 Å². The maximum Gasteiger partial charge on any atom is 0.241 e. The largest absolute Gasteiger partial charge is 0.325 e. The van der Waals surface area contributed by atoms with Gasteiger partial charge in [0, 0.05) is 29.7 Å². The standard InChI is InChI=1S/C22H21FN6O/c1-13-3-4-16(9-17(13)21-26-10-15(23)11-27-21)28-22(30)19-8-14-7-18(14)29(19)12-20-24-5-2-6-25-20/h2-6,9-11,14,18-19H,7-8,12H2,1H3,(H,28,30)/t14-,18-,19+/m0/s1. The average Bonchev–Trinajstić information content (AvgIpc) is 3.44. The molecule has 3 heterocycles. The summed E-state index contributed by atoms with van der Waals surface area (Å²) >= 11 is 0. The first-order valence-electron chi connectivity index (χ1n) is 9.99. The predicted octanol–water partition coefficient (Wildman–Crippen LogP) is 2.98. The van der Waals surface area contributed by atoms with Crippen LogP contribution < -0.4 is 5.32 Å². The summed E-state index contributed by atoms with van der Waals surface area (Å²) in [6, 6.07) is 7.62. The number of likely N-dealkylation sites (tertiary alicyclic amines) is 1. The summed E-state index contributed by atoms with van der Waals surface area (Å²) in [4.78, 5) is 32.0. The van der Waals surface area contributed by atoms with E-state index in [2.05, 4.69) is 30.2 Å². The molecule has 7 nitrogen and oxygen atoms in total. The van der Waals surface area contributed by atoms with Crippen molar-refractivity contribution in [3.63, 3.8) is 0 Å². The van der Waals surface area contributed by atoms with Gasteiger partial charge in [0.25, 0.3) is 0 Å². The minimum Gasteiger partial charge on any atom is -0.325 e. The van der Waals surface area contributed by atoms with Gasteiger partial charge < -0.3 is 5.32 Å². The lowest BCUT2D eigenvalue weighted by Gasteiger charge is -2.26. The van der Waals surface area contributed by atoms with Gasteiger partial charge in [0.2, 0.25) is 5.91 Å². The minimum absolute atomic E-state index is 0.0343. The molecular weight excluding hydrogens is 383 g/mol. The second kappa shape index (κ2) is 7.53. The van der Waals surface area contributed by atoms with Gasteiger partial charge in [0.15, 0.2) is 11.6 Å². The van der Waals surface area contributed by atoms with Crippen molar-refractivity contribution in [3.05, 3.63) is 66.3 Å². The van der Waals surface area contributed by atoms with Crippen molar-refractivity contribution in [1.82, 2.24) is 24.8 Å². The lowest BCUT2D eigenvalue weighted by molar-refractivity contribution is -0.121. The van der Waals surface area contributed by atoms with E-state index in [1.54, 1.807) is 18.5 Å². The molecule has 0 spiro atoms. The zero-order valence-electron chi connectivity index (χ0n) is 16.5. The summed E-state index contributed by atoms with van der Waals surface area (Å²) < 4.78 is 13.2. The van der Waals surface area contributed by atoms with Gasteiger partial charge in [0.1, 0.15) is 5.82 Å². The third kappa shape index (κ3) is 3.66. The number of aryl methyl sites for hydroxylation is 1. The molecular formula is C22H21FN6O. The Labute approximate surface area is 173 Å². The first kappa shape index (κ1) is 18.7. The first-order valence-corrected chi connectivity index (χ1v) is 9.99. The molecule has 2 aliphatic rings. The molecule has 0 bridgehead atoms. The van der Waals surface area contributed by atoms with Gasteiger partial charge in [-0.15, -0.1) is 0 Å². The molecule has 1 N–H and O–H groups in total. The Hall–Kier alpha value is -3.26. The van der Waals surface area contributed by atoms with E-state index in [1.165, 1.54) is 0 Å². The van der Waals surface area contributed by atoms with E-state index in [-0.39, 0.29) is 11.9 Å². The quantitative estimate of drug-likeness (QED) is 0.704. The van der Waals surface area contributed by atoms with Gasteiger partial charge >= 0.3 is 0 Å². The summed E-state index contributed by atoms with van der Waals surface area (Å²) in [6.07, 6.45) is 7.71. The summed E-state index contributed by atoms with van der Waals surface area (Å²) in [5.74, 6) is 1.21. The fourth-order valence-electron chi connectivity index (χ4n) is 4.22. The summed E-state index contributed by atoms with van der Waals surface area (Å²) in [5, 5.41) is 3.04. The van der Waals surface area contributed by atoms with Crippen molar-refractivity contribution < 1.29 is 9.18 Å². The molecule has 0 unspecified atom stereocenters. The van der Waals surface area contributed by atoms with Crippen molar-refractivity contribution in [2.45, 2.75) is 38.4 Å². The third-order valence-electron chi connectivity index (χ3n) is 5.85. The lowest BCUT2D eigenvalue weighted by atomic mass is 10.1. The maximum absolute atomic E-state index is 13.2. The van der Waals surface area contributed by atoms with Crippen molar-refractivity contribution in [3.8, 4) is 11.4 Å². The molecule has 3 aromatic rings. The number of nitrogens with one attached hydrogen (secondary N) is 1. The van der Waals surface area contributed by atoms with Crippen molar-refractivity contribution in [2.24, 2.45) is 5.92 Å². The fraction of sp³-hybridized carbons (Fsp3) is 0.318. The van der Waals surface area contributed by atoms with E-state index in [4.69, 9.17) is 0 Å². The number of nitrogens with zero attached hydrogens (tertiary/aromatic N) is 5. The van der Waals surface area contributed by atoms with Gasteiger partial charge in [-0.25, -0.2) is 24.3 Å². The van der Waals surface area contributed by atoms with E-state index in [0.717, 1.165) is 42.2 Å². The van der Waals surface area contributed by atoms with Gasteiger partial charge in [-0.3, -0.25) is 9.69 Å². The van der Waals surface area contributed by atoms with Crippen LogP contribution in [0.1, 0.15) is 24.2 Å². The number of amides is 1. The highest BCUT2D eigenvalue weighted by atomic mass is 19.1. The van der Waals surface area contributed by atoms with Gasteiger partial charge in [-0.2, -0.15) is 0 Å². The molecule has 8 heteroatoms. The van der Waals surface area contributed by atoms with E-state index in [9.17, 15) is 9.18 Å². The molecule has 5 rings (SSSR count). The average molecular weight is 404 g/mol. The highest BCUT2D eigenvalue weighted by molar-refractivity contribution is 5.95. The molecule has 1 aromatic carbocycles. The zero-order chi connectivity index (χ0) is 20.7. The van der Waals surface area contributed by atoms with E-state index < -0.39 is 5.82 Å². The number of fused-ring (bicyclic) bond motifs is 1. The van der Waals surface area contributed by atoms with Crippen molar-refractivity contribution >= 4 is 11.6 Å². The smallest absolute Gasteiger partial charge is 0.241 e. The molecule has 1 saturated heterocycles. The molecule has 3 atom stereocenters. The van der Waals surface area contributed by atoms with Gasteiger partial charge in [-0.05, 0) is 49.4 Å². The van der Waals surface area contributed by atoms with Crippen LogP contribution in [-0.2, 0) is 11.3 Å². The highest BCUT2D eigenvalue weighted by Gasteiger charge is 2.54. The second-order valence-corrected chi connectivity index (χ2v) is 7.90. The van der Waals surface area contributed by atoms with Crippen LogP contribution in [0.3, 0.4) is 0 Å². The van der Waals surface area contributed by atoms with E-state index >= 15 is 0 Å². The molecule has 30 heavy (non-hydrogen) atoms. The van der Waals surface area contributed by atoms with Crippen molar-refractivity contribution in [2.75, 3.05) is 5.32 Å². The minimum atomic E-state index is -0.483. The normalized spacial score (nSPS) is 22.5. The predicted molar refractivity (Wildman–Crippen MR) is 109 cm³/mol. The summed E-state index contributed by atoms with van der Waals surface area (Å²) in [6.45, 7) is 2.50. The lowest BCUT2D eigenvalue weighted by Crippen LogP contribution is -2.41. The molecule has 0 radical (unpaired) electrons. The van der Waals surface area contributed by atoms with Crippen LogP contribution in [0.5, 0.6) is 0 Å². The van der Waals surface area contributed by atoms with Crippen LogP contribution in [0.15, 0.2) is 49.1 Å². The third-order valence-corrected chi connectivity index (χ3v) is 5.85. The van der Waals surface area contributed by atoms with Crippen LogP contribution in [0, 0.1) is 18.7 Å². The molecule has 1 saturated carbocycles. The van der Waals surface area contributed by atoms with Crippen LogP contribution in [0.2, 0.25) is 0 Å². The Balaban J connectivity index is 1.33. The number of carbonyl (C=O) groups is 1. The molecule has 1 amide bonds. The Morgan fingerprint density at radius 3 is 2.70 bits per heavy atom. The second-order valence-electron chi connectivity index (χ2n) is 7.90. The number of piperidine rings is 1. The number of hydrogen-bond donors (Lipinski definition) is 1. The van der Waals surface area contributed by atoms with Crippen LogP contribution in [-0.4, -0.2) is 42.8 Å². The number of rotatable bonds is 5. The zero-order valence-corrected chi connectivity index (χ0v) is 16.5. The maximum atomic E-state index is 13.2. The number of benzene rings is 1. The summed E-state index contributed by atoms with van der Waals surface area (Å²) in [5.41, 5.74) is 2.38. The summed E-state index contributed by atoms with van der Waals surface area (Å²) in [7, 11) is 0. The molecule has 1 aliphatic carbocycles. The monoisotopic (exact) mass is 404 g/mol. The fourth-order valence-corrected chi connectivity index (χ4v) is 4.22.